The summed E-state index contributed by atoms with van der Waals surface area (Å²) in [6.07, 6.45) is -3.22. The van der Waals surface area contributed by atoms with Crippen LogP contribution >= 0.6 is 0 Å². The fourth-order valence-electron chi connectivity index (χ4n) is 2.44. The molecule has 0 radical (unpaired) electrons. The van der Waals surface area contributed by atoms with Gasteiger partial charge in [-0.3, -0.25) is 4.68 Å². The maximum atomic E-state index is 12.8. The van der Waals surface area contributed by atoms with Gasteiger partial charge in [-0.15, -0.1) is 0 Å². The molecule has 0 aromatic carbocycles. The van der Waals surface area contributed by atoms with E-state index in [1.54, 1.807) is 0 Å². The molecule has 1 aromatic rings. The number of nitrogens with zero attached hydrogens (tertiary/aromatic N) is 2. The molecule has 0 spiro atoms. The average molecular weight is 375 g/mol. The molecule has 1 fully saturated rings. The van der Waals surface area contributed by atoms with Crippen LogP contribution in [0, 0.1) is 5.92 Å². The molecule has 0 bridgehead atoms. The Kier molecular flexibility index (Phi) is 4.79. The molecule has 23 heavy (non-hydrogen) atoms. The number of sulfone groups is 1. The zero-order valence-corrected chi connectivity index (χ0v) is 13.8. The Morgan fingerprint density at radius 1 is 1.43 bits per heavy atom. The molecule has 1 saturated heterocycles. The maximum Gasteiger partial charge on any atom is 0.436 e. The molecule has 2 rings (SSSR count). The SMILES string of the molecule is Cn1cc(S(=O)(=O)NCC2CCCS(=O)(=O)C2)c(C(F)(F)F)n1. The molecule has 7 nitrogen and oxygen atoms in total. The fourth-order valence-corrected chi connectivity index (χ4v) is 5.53. The monoisotopic (exact) mass is 375 g/mol. The number of hydrogen-bond acceptors (Lipinski definition) is 5. The summed E-state index contributed by atoms with van der Waals surface area (Å²) in [4.78, 5) is -0.967. The molecule has 1 N–H and O–H groups in total. The molecular weight excluding hydrogens is 359 g/mol. The summed E-state index contributed by atoms with van der Waals surface area (Å²) in [5, 5.41) is 3.14. The number of sulfonamides is 1. The first-order valence-corrected chi connectivity index (χ1v) is 10.0. The van der Waals surface area contributed by atoms with Crippen molar-refractivity contribution in [3.05, 3.63) is 11.9 Å². The van der Waals surface area contributed by atoms with Crippen molar-refractivity contribution in [1.29, 1.82) is 0 Å². The van der Waals surface area contributed by atoms with Gasteiger partial charge in [-0.2, -0.15) is 18.3 Å². The van der Waals surface area contributed by atoms with Crippen molar-refractivity contribution >= 4 is 19.9 Å². The number of nitrogens with one attached hydrogen (secondary N) is 1. The summed E-state index contributed by atoms with van der Waals surface area (Å²) >= 11 is 0. The number of alkyl halides is 3. The normalized spacial score (nSPS) is 22.2. The van der Waals surface area contributed by atoms with E-state index in [1.807, 2.05) is 0 Å². The smallest absolute Gasteiger partial charge is 0.274 e. The highest BCUT2D eigenvalue weighted by Gasteiger charge is 2.41. The maximum absolute atomic E-state index is 12.8. The van der Waals surface area contributed by atoms with Crippen molar-refractivity contribution in [2.75, 3.05) is 18.1 Å². The van der Waals surface area contributed by atoms with Gasteiger partial charge in [-0.05, 0) is 18.8 Å². The van der Waals surface area contributed by atoms with E-state index in [4.69, 9.17) is 0 Å². The third-order valence-electron chi connectivity index (χ3n) is 3.47. The van der Waals surface area contributed by atoms with Gasteiger partial charge in [0.2, 0.25) is 10.0 Å². The Labute approximate surface area is 131 Å². The van der Waals surface area contributed by atoms with Crippen LogP contribution in [0.25, 0.3) is 0 Å². The van der Waals surface area contributed by atoms with Gasteiger partial charge in [-0.1, -0.05) is 0 Å². The summed E-state index contributed by atoms with van der Waals surface area (Å²) in [6, 6.07) is 0. The van der Waals surface area contributed by atoms with Gasteiger partial charge in [-0.25, -0.2) is 21.6 Å². The third-order valence-corrected chi connectivity index (χ3v) is 6.79. The van der Waals surface area contributed by atoms with Crippen molar-refractivity contribution in [1.82, 2.24) is 14.5 Å². The van der Waals surface area contributed by atoms with Crippen LogP contribution in [0.15, 0.2) is 11.1 Å². The van der Waals surface area contributed by atoms with E-state index < -0.39 is 42.5 Å². The lowest BCUT2D eigenvalue weighted by Gasteiger charge is -2.22. The lowest BCUT2D eigenvalue weighted by molar-refractivity contribution is -0.143. The van der Waals surface area contributed by atoms with E-state index >= 15 is 0 Å². The Bertz CT molecular complexity index is 784. The number of halogens is 3. The van der Waals surface area contributed by atoms with Gasteiger partial charge in [0, 0.05) is 19.8 Å². The van der Waals surface area contributed by atoms with Crippen molar-refractivity contribution in [2.24, 2.45) is 13.0 Å². The molecule has 1 unspecified atom stereocenters. The van der Waals surface area contributed by atoms with Crippen molar-refractivity contribution < 1.29 is 30.0 Å². The second-order valence-corrected chi connectivity index (χ2v) is 9.45. The van der Waals surface area contributed by atoms with Gasteiger partial charge in [0.05, 0.1) is 11.5 Å². The minimum absolute atomic E-state index is 0.0527. The van der Waals surface area contributed by atoms with E-state index in [1.165, 1.54) is 7.05 Å². The van der Waals surface area contributed by atoms with E-state index in [0.29, 0.717) is 12.8 Å². The van der Waals surface area contributed by atoms with Gasteiger partial charge in [0.25, 0.3) is 0 Å². The molecule has 1 aromatic heterocycles. The predicted octanol–water partition coefficient (Wildman–Crippen LogP) is 0.542. The highest BCUT2D eigenvalue weighted by atomic mass is 32.2. The molecular formula is C11H16F3N3O4S2. The number of aromatic nitrogens is 2. The van der Waals surface area contributed by atoms with Crippen LogP contribution < -0.4 is 4.72 Å². The number of hydrogen-bond donors (Lipinski definition) is 1. The summed E-state index contributed by atoms with van der Waals surface area (Å²) in [6.45, 7) is -0.228. The number of rotatable bonds is 4. The quantitative estimate of drug-likeness (QED) is 0.828. The Morgan fingerprint density at radius 2 is 2.09 bits per heavy atom. The highest BCUT2D eigenvalue weighted by Crippen LogP contribution is 2.32. The van der Waals surface area contributed by atoms with Crippen LogP contribution in [0.2, 0.25) is 0 Å². The highest BCUT2D eigenvalue weighted by molar-refractivity contribution is 7.91. The van der Waals surface area contributed by atoms with Crippen molar-refractivity contribution in [2.45, 2.75) is 23.9 Å². The van der Waals surface area contributed by atoms with Crippen molar-refractivity contribution in [3.63, 3.8) is 0 Å². The Balaban J connectivity index is 2.17. The molecule has 1 atom stereocenters. The van der Waals surface area contributed by atoms with Crippen LogP contribution in [-0.2, 0) is 33.1 Å². The molecule has 0 saturated carbocycles. The number of aryl methyl sites for hydroxylation is 1. The second kappa shape index (κ2) is 6.06. The molecule has 1 aliphatic heterocycles. The van der Waals surface area contributed by atoms with Crippen LogP contribution in [0.5, 0.6) is 0 Å². The first kappa shape index (κ1) is 18.2. The van der Waals surface area contributed by atoms with Gasteiger partial charge in [0.15, 0.2) is 15.5 Å². The lowest BCUT2D eigenvalue weighted by Crippen LogP contribution is -2.36. The largest absolute Gasteiger partial charge is 0.436 e. The fraction of sp³-hybridized carbons (Fsp3) is 0.727. The van der Waals surface area contributed by atoms with Gasteiger partial charge < -0.3 is 0 Å². The minimum atomic E-state index is -4.90. The molecule has 12 heteroatoms. The third kappa shape index (κ3) is 4.44. The Morgan fingerprint density at radius 3 is 2.65 bits per heavy atom. The van der Waals surface area contributed by atoms with E-state index in [0.717, 1.165) is 10.9 Å². The minimum Gasteiger partial charge on any atom is -0.274 e. The molecule has 132 valence electrons. The summed E-state index contributed by atoms with van der Waals surface area (Å²) < 4.78 is 88.6. The average Bonchev–Trinajstić information content (AvgIpc) is 2.78. The van der Waals surface area contributed by atoms with Crippen LogP contribution in [-0.4, -0.2) is 44.7 Å². The van der Waals surface area contributed by atoms with Gasteiger partial charge in [0.1, 0.15) is 4.90 Å². The molecule has 0 aliphatic carbocycles. The van der Waals surface area contributed by atoms with E-state index in [2.05, 4.69) is 9.82 Å². The van der Waals surface area contributed by atoms with Crippen LogP contribution in [0.4, 0.5) is 13.2 Å². The standard InChI is InChI=1S/C11H16F3N3O4S2/c1-17-6-9(10(16-17)11(12,13)14)23(20,21)15-5-8-3-2-4-22(18,19)7-8/h6,8,15H,2-5,7H2,1H3. The Hall–Kier alpha value is -1.14. The first-order valence-electron chi connectivity index (χ1n) is 6.72. The first-order chi connectivity index (χ1) is 10.4. The molecule has 1 aliphatic rings. The molecule has 2 heterocycles. The zero-order chi connectivity index (χ0) is 17.5. The summed E-state index contributed by atoms with van der Waals surface area (Å²) in [5.41, 5.74) is -1.50. The molecule has 0 amide bonds. The van der Waals surface area contributed by atoms with Gasteiger partial charge >= 0.3 is 6.18 Å². The lowest BCUT2D eigenvalue weighted by atomic mass is 10.1. The van der Waals surface area contributed by atoms with Crippen LogP contribution in [0.3, 0.4) is 0 Å². The zero-order valence-electron chi connectivity index (χ0n) is 12.2. The second-order valence-electron chi connectivity index (χ2n) is 5.49. The van der Waals surface area contributed by atoms with E-state index in [-0.39, 0.29) is 18.1 Å². The van der Waals surface area contributed by atoms with Crippen molar-refractivity contribution in [3.8, 4) is 0 Å². The summed E-state index contributed by atoms with van der Waals surface area (Å²) in [5.74, 6) is -0.569. The van der Waals surface area contributed by atoms with E-state index in [9.17, 15) is 30.0 Å². The van der Waals surface area contributed by atoms with Crippen LogP contribution in [0.1, 0.15) is 18.5 Å². The topological polar surface area (TPSA) is 98.1 Å². The predicted molar refractivity (Wildman–Crippen MR) is 74.8 cm³/mol. The summed E-state index contributed by atoms with van der Waals surface area (Å²) in [7, 11) is -6.48.